The number of aromatic carboxylic acids is 1. The first-order valence-corrected chi connectivity index (χ1v) is 6.98. The highest BCUT2D eigenvalue weighted by Gasteiger charge is 2.10. The Bertz CT molecular complexity index is 1110. The van der Waals surface area contributed by atoms with Gasteiger partial charge in [-0.1, -0.05) is 24.3 Å². The number of aromatic nitrogens is 3. The van der Waals surface area contributed by atoms with Crippen molar-refractivity contribution in [2.45, 2.75) is 0 Å². The van der Waals surface area contributed by atoms with Crippen molar-refractivity contribution in [1.82, 2.24) is 14.6 Å². The number of benzene rings is 2. The van der Waals surface area contributed by atoms with Crippen molar-refractivity contribution in [1.29, 1.82) is 0 Å². The lowest BCUT2D eigenvalue weighted by atomic mass is 10.1. The number of hydrogen-bond donors (Lipinski definition) is 2. The van der Waals surface area contributed by atoms with E-state index in [0.717, 1.165) is 11.1 Å². The molecule has 0 aliphatic heterocycles. The molecule has 0 unspecified atom stereocenters. The van der Waals surface area contributed by atoms with Crippen LogP contribution in [0.3, 0.4) is 0 Å². The SMILES string of the molecule is O=C(O)c1ccc(-c2cc3[nH]c(=O)c4ccccc4n3n2)cc1. The van der Waals surface area contributed by atoms with Crippen LogP contribution in [0.25, 0.3) is 27.8 Å². The van der Waals surface area contributed by atoms with E-state index in [0.29, 0.717) is 16.7 Å². The second kappa shape index (κ2) is 4.81. The lowest BCUT2D eigenvalue weighted by Gasteiger charge is -2.00. The highest BCUT2D eigenvalue weighted by Crippen LogP contribution is 2.21. The van der Waals surface area contributed by atoms with Crippen molar-refractivity contribution in [3.63, 3.8) is 0 Å². The average molecular weight is 305 g/mol. The zero-order chi connectivity index (χ0) is 16.0. The van der Waals surface area contributed by atoms with Gasteiger partial charge in [0.25, 0.3) is 5.56 Å². The molecule has 0 atom stereocenters. The van der Waals surface area contributed by atoms with Gasteiger partial charge in [-0.2, -0.15) is 5.10 Å². The predicted octanol–water partition coefficient (Wildman–Crippen LogP) is 2.54. The van der Waals surface area contributed by atoms with Gasteiger partial charge in [0.15, 0.2) is 0 Å². The van der Waals surface area contributed by atoms with E-state index in [-0.39, 0.29) is 11.1 Å². The van der Waals surface area contributed by atoms with Gasteiger partial charge >= 0.3 is 5.97 Å². The normalized spacial score (nSPS) is 11.1. The molecule has 2 aromatic heterocycles. The summed E-state index contributed by atoms with van der Waals surface area (Å²) < 4.78 is 1.68. The number of hydrogen-bond acceptors (Lipinski definition) is 3. The molecule has 6 heteroatoms. The number of fused-ring (bicyclic) bond motifs is 3. The molecule has 0 aliphatic carbocycles. The summed E-state index contributed by atoms with van der Waals surface area (Å²) in [5.74, 6) is -0.970. The van der Waals surface area contributed by atoms with Gasteiger partial charge in [-0.15, -0.1) is 0 Å². The smallest absolute Gasteiger partial charge is 0.335 e. The van der Waals surface area contributed by atoms with Crippen LogP contribution in [-0.2, 0) is 0 Å². The summed E-state index contributed by atoms with van der Waals surface area (Å²) in [6, 6.07) is 15.5. The molecule has 0 fully saturated rings. The van der Waals surface area contributed by atoms with Crippen molar-refractivity contribution >= 4 is 22.5 Å². The first-order chi connectivity index (χ1) is 11.1. The van der Waals surface area contributed by atoms with Crippen LogP contribution in [0.15, 0.2) is 59.4 Å². The average Bonchev–Trinajstić information content (AvgIpc) is 2.99. The molecule has 0 spiro atoms. The Hall–Kier alpha value is -3.41. The van der Waals surface area contributed by atoms with Crippen LogP contribution in [0, 0.1) is 0 Å². The highest BCUT2D eigenvalue weighted by atomic mass is 16.4. The van der Waals surface area contributed by atoms with E-state index in [1.165, 1.54) is 12.1 Å². The third kappa shape index (κ3) is 2.08. The molecular formula is C17H11N3O3. The minimum Gasteiger partial charge on any atom is -0.478 e. The number of rotatable bonds is 2. The first kappa shape index (κ1) is 13.3. The summed E-state index contributed by atoms with van der Waals surface area (Å²) in [6.07, 6.45) is 0. The maximum atomic E-state index is 12.1. The fourth-order valence-electron chi connectivity index (χ4n) is 2.61. The van der Waals surface area contributed by atoms with E-state index in [2.05, 4.69) is 10.1 Å². The van der Waals surface area contributed by atoms with Gasteiger partial charge in [-0.3, -0.25) is 4.79 Å². The summed E-state index contributed by atoms with van der Waals surface area (Å²) in [4.78, 5) is 25.8. The topological polar surface area (TPSA) is 87.5 Å². The number of H-pyrrole nitrogens is 1. The largest absolute Gasteiger partial charge is 0.478 e. The summed E-state index contributed by atoms with van der Waals surface area (Å²) in [7, 11) is 0. The Labute approximate surface area is 129 Å². The number of para-hydroxylation sites is 1. The zero-order valence-corrected chi connectivity index (χ0v) is 11.9. The number of carboxylic acids is 1. The van der Waals surface area contributed by atoms with Gasteiger partial charge in [-0.05, 0) is 24.3 Å². The molecule has 4 aromatic rings. The van der Waals surface area contributed by atoms with Gasteiger partial charge in [0.2, 0.25) is 0 Å². The van der Waals surface area contributed by atoms with Crippen LogP contribution in [0.2, 0.25) is 0 Å². The lowest BCUT2D eigenvalue weighted by Crippen LogP contribution is -2.09. The molecule has 112 valence electrons. The zero-order valence-electron chi connectivity index (χ0n) is 11.9. The van der Waals surface area contributed by atoms with Crippen molar-refractivity contribution in [3.8, 4) is 11.3 Å². The van der Waals surface area contributed by atoms with Gasteiger partial charge in [0.1, 0.15) is 5.65 Å². The van der Waals surface area contributed by atoms with Crippen molar-refractivity contribution in [3.05, 3.63) is 70.5 Å². The molecule has 6 nitrogen and oxygen atoms in total. The van der Waals surface area contributed by atoms with Gasteiger partial charge in [0.05, 0.1) is 22.2 Å². The summed E-state index contributed by atoms with van der Waals surface area (Å²) in [5.41, 5.74) is 2.81. The van der Waals surface area contributed by atoms with Crippen LogP contribution in [0.4, 0.5) is 0 Å². The van der Waals surface area contributed by atoms with Crippen molar-refractivity contribution in [2.24, 2.45) is 0 Å². The summed E-state index contributed by atoms with van der Waals surface area (Å²) >= 11 is 0. The molecule has 0 aliphatic rings. The molecule has 2 N–H and O–H groups in total. The van der Waals surface area contributed by atoms with E-state index in [9.17, 15) is 9.59 Å². The molecule has 0 saturated heterocycles. The third-order valence-electron chi connectivity index (χ3n) is 3.76. The Morgan fingerprint density at radius 1 is 1.09 bits per heavy atom. The van der Waals surface area contributed by atoms with Crippen molar-refractivity contribution < 1.29 is 9.90 Å². The third-order valence-corrected chi connectivity index (χ3v) is 3.76. The van der Waals surface area contributed by atoms with E-state index in [4.69, 9.17) is 5.11 Å². The fraction of sp³-hybridized carbons (Fsp3) is 0. The van der Waals surface area contributed by atoms with E-state index < -0.39 is 5.97 Å². The van der Waals surface area contributed by atoms with Crippen LogP contribution in [-0.4, -0.2) is 25.7 Å². The molecule has 4 rings (SSSR count). The van der Waals surface area contributed by atoms with Crippen LogP contribution < -0.4 is 5.56 Å². The van der Waals surface area contributed by atoms with Crippen LogP contribution >= 0.6 is 0 Å². The first-order valence-electron chi connectivity index (χ1n) is 6.98. The molecule has 2 aromatic carbocycles. The monoisotopic (exact) mass is 305 g/mol. The lowest BCUT2D eigenvalue weighted by molar-refractivity contribution is 0.0697. The van der Waals surface area contributed by atoms with Crippen LogP contribution in [0.5, 0.6) is 0 Å². The molecule has 2 heterocycles. The highest BCUT2D eigenvalue weighted by molar-refractivity contribution is 5.88. The van der Waals surface area contributed by atoms with Gasteiger partial charge in [-0.25, -0.2) is 9.31 Å². The molecular weight excluding hydrogens is 294 g/mol. The Morgan fingerprint density at radius 3 is 2.57 bits per heavy atom. The fourth-order valence-corrected chi connectivity index (χ4v) is 2.61. The van der Waals surface area contributed by atoms with E-state index in [1.807, 2.05) is 12.1 Å². The quantitative estimate of drug-likeness (QED) is 0.596. The number of carboxylic acid groups (broad SMARTS) is 1. The molecule has 23 heavy (non-hydrogen) atoms. The number of nitrogens with one attached hydrogen (secondary N) is 1. The Morgan fingerprint density at radius 2 is 1.83 bits per heavy atom. The van der Waals surface area contributed by atoms with Crippen molar-refractivity contribution in [2.75, 3.05) is 0 Å². The standard InChI is InChI=1S/C17H11N3O3/c21-16-12-3-1-2-4-14(12)20-15(18-16)9-13(19-20)10-5-7-11(8-6-10)17(22)23/h1-9H,(H,18,21)(H,22,23). The molecule has 0 saturated carbocycles. The van der Waals surface area contributed by atoms with Gasteiger partial charge in [0, 0.05) is 11.6 Å². The number of carbonyl (C=O) groups is 1. The molecule has 0 amide bonds. The minimum atomic E-state index is -0.970. The molecule has 0 bridgehead atoms. The van der Waals surface area contributed by atoms with Gasteiger partial charge < -0.3 is 10.1 Å². The maximum absolute atomic E-state index is 12.1. The number of aromatic amines is 1. The Kier molecular flexibility index (Phi) is 2.77. The minimum absolute atomic E-state index is 0.166. The Balaban J connectivity index is 1.94. The summed E-state index contributed by atoms with van der Waals surface area (Å²) in [6.45, 7) is 0. The molecule has 0 radical (unpaired) electrons. The second-order valence-electron chi connectivity index (χ2n) is 5.18. The maximum Gasteiger partial charge on any atom is 0.335 e. The van der Waals surface area contributed by atoms with E-state index >= 15 is 0 Å². The second-order valence-corrected chi connectivity index (χ2v) is 5.18. The predicted molar refractivity (Wildman–Crippen MR) is 85.7 cm³/mol. The van der Waals surface area contributed by atoms with Crippen LogP contribution in [0.1, 0.15) is 10.4 Å². The summed E-state index contributed by atoms with van der Waals surface area (Å²) in [5, 5.41) is 14.0. The number of nitrogens with zero attached hydrogens (tertiary/aromatic N) is 2. The van der Waals surface area contributed by atoms with E-state index in [1.54, 1.807) is 34.8 Å².